The van der Waals surface area contributed by atoms with Crippen LogP contribution in [0.2, 0.25) is 0 Å². The van der Waals surface area contributed by atoms with Crippen molar-refractivity contribution in [1.82, 2.24) is 0 Å². The molecule has 3 heteroatoms. The number of rotatable bonds is 4. The first-order valence-electron chi connectivity index (χ1n) is 4.12. The highest BCUT2D eigenvalue weighted by molar-refractivity contribution is 6.06. The van der Waals surface area contributed by atoms with Gasteiger partial charge in [0.2, 0.25) is 0 Å². The lowest BCUT2D eigenvalue weighted by atomic mass is 10.1. The zero-order valence-corrected chi connectivity index (χ0v) is 8.24. The van der Waals surface area contributed by atoms with Gasteiger partial charge in [0.25, 0.3) is 0 Å². The molecular formula is C11H12O3. The molecule has 14 heavy (non-hydrogen) atoms. The number of ketones is 1. The Bertz CT molecular complexity index is 356. The maximum absolute atomic E-state index is 11.4. The molecule has 0 atom stereocenters. The quantitative estimate of drug-likeness (QED) is 0.541. The lowest BCUT2D eigenvalue weighted by molar-refractivity contribution is 0.104. The van der Waals surface area contributed by atoms with Crippen LogP contribution in [0.1, 0.15) is 10.4 Å². The van der Waals surface area contributed by atoms with Gasteiger partial charge in [0.15, 0.2) is 17.3 Å². The zero-order chi connectivity index (χ0) is 10.6. The molecule has 0 aliphatic heterocycles. The molecule has 0 bridgehead atoms. The number of hydrogen-bond acceptors (Lipinski definition) is 3. The molecule has 1 rings (SSSR count). The van der Waals surface area contributed by atoms with E-state index in [1.807, 2.05) is 0 Å². The van der Waals surface area contributed by atoms with E-state index in [2.05, 4.69) is 6.58 Å². The molecule has 0 unspecified atom stereocenters. The van der Waals surface area contributed by atoms with Crippen molar-refractivity contribution < 1.29 is 14.3 Å². The molecule has 3 nitrogen and oxygen atoms in total. The van der Waals surface area contributed by atoms with Gasteiger partial charge in [0.05, 0.1) is 19.8 Å². The number of ether oxygens (including phenoxy) is 2. The van der Waals surface area contributed by atoms with Crippen molar-refractivity contribution in [2.24, 2.45) is 0 Å². The van der Waals surface area contributed by atoms with Gasteiger partial charge in [-0.15, -0.1) is 0 Å². The smallest absolute Gasteiger partial charge is 0.189 e. The van der Waals surface area contributed by atoms with Crippen LogP contribution >= 0.6 is 0 Å². The second-order valence-electron chi connectivity index (χ2n) is 2.61. The van der Waals surface area contributed by atoms with Crippen molar-refractivity contribution in [1.29, 1.82) is 0 Å². The van der Waals surface area contributed by atoms with E-state index in [9.17, 15) is 4.79 Å². The van der Waals surface area contributed by atoms with Gasteiger partial charge in [0.1, 0.15) is 0 Å². The van der Waals surface area contributed by atoms with Crippen molar-refractivity contribution >= 4 is 5.78 Å². The lowest BCUT2D eigenvalue weighted by Crippen LogP contribution is -2.00. The van der Waals surface area contributed by atoms with E-state index in [-0.39, 0.29) is 5.78 Å². The summed E-state index contributed by atoms with van der Waals surface area (Å²) in [6.07, 6.45) is 1.25. The first kappa shape index (κ1) is 10.3. The van der Waals surface area contributed by atoms with Crippen molar-refractivity contribution in [3.63, 3.8) is 0 Å². The van der Waals surface area contributed by atoms with Crippen molar-refractivity contribution in [2.75, 3.05) is 14.2 Å². The van der Waals surface area contributed by atoms with Crippen LogP contribution in [-0.4, -0.2) is 20.0 Å². The van der Waals surface area contributed by atoms with Gasteiger partial charge < -0.3 is 9.47 Å². The van der Waals surface area contributed by atoms with Crippen molar-refractivity contribution in [2.45, 2.75) is 0 Å². The van der Waals surface area contributed by atoms with Gasteiger partial charge in [-0.3, -0.25) is 4.79 Å². The predicted octanol–water partition coefficient (Wildman–Crippen LogP) is 2.07. The van der Waals surface area contributed by atoms with Gasteiger partial charge in [-0.2, -0.15) is 0 Å². The van der Waals surface area contributed by atoms with Gasteiger partial charge >= 0.3 is 0 Å². The van der Waals surface area contributed by atoms with Crippen LogP contribution in [0.15, 0.2) is 30.9 Å². The molecule has 0 aliphatic rings. The summed E-state index contributed by atoms with van der Waals surface area (Å²) < 4.78 is 10.2. The Morgan fingerprint density at radius 1 is 1.36 bits per heavy atom. The van der Waals surface area contributed by atoms with Gasteiger partial charge in [-0.1, -0.05) is 12.6 Å². The standard InChI is InChI=1S/C11H12O3/c1-4-9(12)8-6-5-7-10(13-2)11(8)14-3/h4-7H,1H2,2-3H3. The third-order valence-electron chi connectivity index (χ3n) is 1.85. The first-order valence-corrected chi connectivity index (χ1v) is 4.12. The topological polar surface area (TPSA) is 35.5 Å². The summed E-state index contributed by atoms with van der Waals surface area (Å²) >= 11 is 0. The van der Waals surface area contributed by atoms with Crippen LogP contribution in [-0.2, 0) is 0 Å². The average Bonchev–Trinajstić information content (AvgIpc) is 2.26. The monoisotopic (exact) mass is 192 g/mol. The number of methoxy groups -OCH3 is 2. The summed E-state index contributed by atoms with van der Waals surface area (Å²) in [7, 11) is 3.03. The average molecular weight is 192 g/mol. The van der Waals surface area contributed by atoms with Crippen LogP contribution < -0.4 is 9.47 Å². The van der Waals surface area contributed by atoms with Gasteiger partial charge in [-0.05, 0) is 18.2 Å². The third-order valence-corrected chi connectivity index (χ3v) is 1.85. The molecule has 0 fully saturated rings. The Balaban J connectivity index is 3.28. The number of benzene rings is 1. The SMILES string of the molecule is C=CC(=O)c1cccc(OC)c1OC. The summed E-state index contributed by atoms with van der Waals surface area (Å²) in [5.74, 6) is 0.806. The molecular weight excluding hydrogens is 180 g/mol. The molecule has 0 aromatic heterocycles. The van der Waals surface area contributed by atoms with E-state index < -0.39 is 0 Å². The highest BCUT2D eigenvalue weighted by Crippen LogP contribution is 2.30. The molecule has 0 aliphatic carbocycles. The number of carbonyl (C=O) groups excluding carboxylic acids is 1. The third kappa shape index (κ3) is 1.76. The molecule has 74 valence electrons. The fraction of sp³-hybridized carbons (Fsp3) is 0.182. The van der Waals surface area contributed by atoms with Crippen LogP contribution in [0.3, 0.4) is 0 Å². The van der Waals surface area contributed by atoms with Crippen LogP contribution in [0, 0.1) is 0 Å². The van der Waals surface area contributed by atoms with E-state index in [1.54, 1.807) is 18.2 Å². The number of hydrogen-bond donors (Lipinski definition) is 0. The largest absolute Gasteiger partial charge is 0.493 e. The second kappa shape index (κ2) is 4.46. The molecule has 0 saturated heterocycles. The minimum atomic E-state index is -0.180. The molecule has 0 radical (unpaired) electrons. The van der Waals surface area contributed by atoms with Crippen molar-refractivity contribution in [3.05, 3.63) is 36.4 Å². The number of para-hydroxylation sites is 1. The van der Waals surface area contributed by atoms with Crippen LogP contribution in [0.5, 0.6) is 11.5 Å². The summed E-state index contributed by atoms with van der Waals surface area (Å²) in [5, 5.41) is 0. The number of allylic oxidation sites excluding steroid dienone is 1. The summed E-state index contributed by atoms with van der Waals surface area (Å²) in [4.78, 5) is 11.4. The summed E-state index contributed by atoms with van der Waals surface area (Å²) in [5.41, 5.74) is 0.460. The van der Waals surface area contributed by atoms with Crippen molar-refractivity contribution in [3.8, 4) is 11.5 Å². The number of carbonyl (C=O) groups is 1. The molecule has 0 N–H and O–H groups in total. The molecule has 0 heterocycles. The molecule has 0 amide bonds. The first-order chi connectivity index (χ1) is 6.74. The Kier molecular flexibility index (Phi) is 3.29. The predicted molar refractivity (Wildman–Crippen MR) is 54.1 cm³/mol. The van der Waals surface area contributed by atoms with Crippen LogP contribution in [0.25, 0.3) is 0 Å². The Hall–Kier alpha value is -1.77. The molecule has 1 aromatic rings. The highest BCUT2D eigenvalue weighted by Gasteiger charge is 2.13. The maximum Gasteiger partial charge on any atom is 0.189 e. The Labute approximate surface area is 83.0 Å². The zero-order valence-electron chi connectivity index (χ0n) is 8.24. The summed E-state index contributed by atoms with van der Waals surface area (Å²) in [6.45, 7) is 3.42. The minimum absolute atomic E-state index is 0.180. The highest BCUT2D eigenvalue weighted by atomic mass is 16.5. The Morgan fingerprint density at radius 3 is 2.57 bits per heavy atom. The normalized spacial score (nSPS) is 9.29. The van der Waals surface area contributed by atoms with E-state index in [0.29, 0.717) is 17.1 Å². The van der Waals surface area contributed by atoms with E-state index in [4.69, 9.17) is 9.47 Å². The molecule has 0 spiro atoms. The maximum atomic E-state index is 11.4. The minimum Gasteiger partial charge on any atom is -0.493 e. The fourth-order valence-corrected chi connectivity index (χ4v) is 1.19. The lowest BCUT2D eigenvalue weighted by Gasteiger charge is -2.10. The Morgan fingerprint density at radius 2 is 2.07 bits per heavy atom. The fourth-order valence-electron chi connectivity index (χ4n) is 1.19. The van der Waals surface area contributed by atoms with Gasteiger partial charge in [-0.25, -0.2) is 0 Å². The van der Waals surface area contributed by atoms with E-state index in [0.717, 1.165) is 0 Å². The van der Waals surface area contributed by atoms with E-state index >= 15 is 0 Å². The molecule has 1 aromatic carbocycles. The van der Waals surface area contributed by atoms with Crippen LogP contribution in [0.4, 0.5) is 0 Å². The van der Waals surface area contributed by atoms with Gasteiger partial charge in [0, 0.05) is 0 Å². The molecule has 0 saturated carbocycles. The van der Waals surface area contributed by atoms with E-state index in [1.165, 1.54) is 20.3 Å². The summed E-state index contributed by atoms with van der Waals surface area (Å²) in [6, 6.07) is 5.14. The second-order valence-corrected chi connectivity index (χ2v) is 2.61.